The van der Waals surface area contributed by atoms with Gasteiger partial charge in [0.2, 0.25) is 0 Å². The van der Waals surface area contributed by atoms with Crippen molar-refractivity contribution in [3.05, 3.63) is 59.7 Å². The normalized spacial score (nSPS) is 10.7. The van der Waals surface area contributed by atoms with Crippen LogP contribution in [0.2, 0.25) is 0 Å². The van der Waals surface area contributed by atoms with Crippen molar-refractivity contribution in [2.45, 2.75) is 12.8 Å². The van der Waals surface area contributed by atoms with Crippen molar-refractivity contribution in [1.82, 2.24) is 15.2 Å². The highest BCUT2D eigenvalue weighted by molar-refractivity contribution is 5.94. The van der Waals surface area contributed by atoms with Gasteiger partial charge < -0.3 is 15.5 Å². The average Bonchev–Trinajstić information content (AvgIpc) is 2.60. The van der Waals surface area contributed by atoms with Crippen LogP contribution < -0.4 is 10.6 Å². The first kappa shape index (κ1) is 18.9. The number of hydrogen-bond acceptors (Lipinski definition) is 4. The summed E-state index contributed by atoms with van der Waals surface area (Å²) in [4.78, 5) is 18.3. The molecule has 1 amide bonds. The molecule has 2 N–H and O–H groups in total. The molecule has 0 radical (unpaired) electrons. The van der Waals surface area contributed by atoms with Crippen LogP contribution in [0.3, 0.4) is 0 Å². The third-order valence-electron chi connectivity index (χ3n) is 3.72. The molecule has 0 aliphatic rings. The van der Waals surface area contributed by atoms with Crippen molar-refractivity contribution in [3.8, 4) is 0 Å². The van der Waals surface area contributed by atoms with Crippen LogP contribution >= 0.6 is 0 Å². The molecule has 0 bridgehead atoms. The zero-order valence-corrected chi connectivity index (χ0v) is 14.8. The predicted octanol–water partition coefficient (Wildman–Crippen LogP) is 2.56. The van der Waals surface area contributed by atoms with Gasteiger partial charge in [0.1, 0.15) is 5.82 Å². The molecule has 0 unspecified atom stereocenters. The second-order valence-corrected chi connectivity index (χ2v) is 6.18. The Morgan fingerprint density at radius 1 is 1.16 bits per heavy atom. The summed E-state index contributed by atoms with van der Waals surface area (Å²) in [6.07, 6.45) is 4.92. The molecule has 25 heavy (non-hydrogen) atoms. The van der Waals surface area contributed by atoms with Gasteiger partial charge in [0.25, 0.3) is 5.91 Å². The number of amides is 1. The van der Waals surface area contributed by atoms with E-state index in [1.807, 2.05) is 14.1 Å². The minimum atomic E-state index is -0.231. The first-order valence-corrected chi connectivity index (χ1v) is 8.41. The van der Waals surface area contributed by atoms with Crippen molar-refractivity contribution in [3.63, 3.8) is 0 Å². The molecule has 2 rings (SSSR count). The lowest BCUT2D eigenvalue weighted by Gasteiger charge is -2.11. The molecular weight excluding hydrogens is 319 g/mol. The van der Waals surface area contributed by atoms with E-state index in [9.17, 15) is 9.18 Å². The molecule has 2 aromatic rings. The third-order valence-corrected chi connectivity index (χ3v) is 3.72. The Morgan fingerprint density at radius 3 is 2.64 bits per heavy atom. The number of carbonyl (C=O) groups excluding carboxylic acids is 1. The van der Waals surface area contributed by atoms with Gasteiger partial charge in [0, 0.05) is 25.5 Å². The van der Waals surface area contributed by atoms with E-state index in [0.29, 0.717) is 18.7 Å². The van der Waals surface area contributed by atoms with Gasteiger partial charge in [-0.15, -0.1) is 0 Å². The summed E-state index contributed by atoms with van der Waals surface area (Å²) >= 11 is 0. The molecule has 0 fully saturated rings. The quantitative estimate of drug-likeness (QED) is 0.687. The standard InChI is InChI=1S/C19H25FN4O/c1-24(2)11-3-9-23-19(25)16-12-18(14-21-13-16)22-10-8-15-4-6-17(20)7-5-15/h4-7,12-14,22H,3,8-11H2,1-2H3,(H,23,25). The predicted molar refractivity (Wildman–Crippen MR) is 98.3 cm³/mol. The Labute approximate surface area is 148 Å². The molecule has 1 aromatic heterocycles. The van der Waals surface area contributed by atoms with Crippen LogP contribution in [0.25, 0.3) is 0 Å². The highest BCUT2D eigenvalue weighted by Gasteiger charge is 2.06. The first-order chi connectivity index (χ1) is 12.0. The number of halogens is 1. The van der Waals surface area contributed by atoms with E-state index < -0.39 is 0 Å². The van der Waals surface area contributed by atoms with Crippen LogP contribution in [0.5, 0.6) is 0 Å². The van der Waals surface area contributed by atoms with Crippen molar-refractivity contribution in [1.29, 1.82) is 0 Å². The van der Waals surface area contributed by atoms with Crippen LogP contribution in [0, 0.1) is 5.82 Å². The van der Waals surface area contributed by atoms with Crippen molar-refractivity contribution in [2.75, 3.05) is 39.0 Å². The van der Waals surface area contributed by atoms with Gasteiger partial charge in [-0.1, -0.05) is 12.1 Å². The number of benzene rings is 1. The Hall–Kier alpha value is -2.47. The van der Waals surface area contributed by atoms with Crippen LogP contribution in [-0.4, -0.2) is 49.5 Å². The number of aromatic nitrogens is 1. The highest BCUT2D eigenvalue weighted by Crippen LogP contribution is 2.09. The minimum absolute atomic E-state index is 0.117. The van der Waals surface area contributed by atoms with Crippen LogP contribution in [-0.2, 0) is 6.42 Å². The molecule has 6 heteroatoms. The SMILES string of the molecule is CN(C)CCCNC(=O)c1cncc(NCCc2ccc(F)cc2)c1. The molecule has 0 spiro atoms. The summed E-state index contributed by atoms with van der Waals surface area (Å²) in [5.41, 5.74) is 2.39. The second kappa shape index (κ2) is 9.74. The number of anilines is 1. The fraction of sp³-hybridized carbons (Fsp3) is 0.368. The molecule has 0 aliphatic carbocycles. The van der Waals surface area contributed by atoms with Gasteiger partial charge >= 0.3 is 0 Å². The van der Waals surface area contributed by atoms with Crippen LogP contribution in [0.1, 0.15) is 22.3 Å². The first-order valence-electron chi connectivity index (χ1n) is 8.41. The van der Waals surface area contributed by atoms with Crippen molar-refractivity contribution < 1.29 is 9.18 Å². The number of hydrogen-bond donors (Lipinski definition) is 2. The van der Waals surface area contributed by atoms with E-state index in [1.165, 1.54) is 12.1 Å². The maximum atomic E-state index is 12.9. The monoisotopic (exact) mass is 344 g/mol. The maximum Gasteiger partial charge on any atom is 0.252 e. The molecule has 1 aromatic carbocycles. The number of pyridine rings is 1. The van der Waals surface area contributed by atoms with Gasteiger partial charge in [-0.05, 0) is 57.2 Å². The molecule has 5 nitrogen and oxygen atoms in total. The van der Waals surface area contributed by atoms with Crippen LogP contribution in [0.4, 0.5) is 10.1 Å². The number of nitrogens with one attached hydrogen (secondary N) is 2. The van der Waals surface area contributed by atoms with E-state index in [2.05, 4.69) is 20.5 Å². The Balaban J connectivity index is 1.79. The Kier molecular flexibility index (Phi) is 7.35. The fourth-order valence-electron chi connectivity index (χ4n) is 2.36. The maximum absolute atomic E-state index is 12.9. The topological polar surface area (TPSA) is 57.3 Å². The van der Waals surface area contributed by atoms with Gasteiger partial charge in [-0.25, -0.2) is 4.39 Å². The fourth-order valence-corrected chi connectivity index (χ4v) is 2.36. The molecule has 0 saturated heterocycles. The molecule has 0 atom stereocenters. The molecule has 0 saturated carbocycles. The van der Waals surface area contributed by atoms with Crippen LogP contribution in [0.15, 0.2) is 42.7 Å². The highest BCUT2D eigenvalue weighted by atomic mass is 19.1. The summed E-state index contributed by atoms with van der Waals surface area (Å²) in [5.74, 6) is -0.348. The lowest BCUT2D eigenvalue weighted by molar-refractivity contribution is 0.0952. The molecule has 0 aliphatic heterocycles. The molecule has 1 heterocycles. The lowest BCUT2D eigenvalue weighted by Crippen LogP contribution is -2.27. The summed E-state index contributed by atoms with van der Waals surface area (Å²) in [7, 11) is 4.01. The van der Waals surface area contributed by atoms with Gasteiger partial charge in [-0.3, -0.25) is 9.78 Å². The van der Waals surface area contributed by atoms with Gasteiger partial charge in [0.15, 0.2) is 0 Å². The minimum Gasteiger partial charge on any atom is -0.383 e. The summed E-state index contributed by atoms with van der Waals surface area (Å²) in [6, 6.07) is 8.25. The van der Waals surface area contributed by atoms with Crippen molar-refractivity contribution in [2.24, 2.45) is 0 Å². The largest absolute Gasteiger partial charge is 0.383 e. The van der Waals surface area contributed by atoms with Gasteiger partial charge in [-0.2, -0.15) is 0 Å². The van der Waals surface area contributed by atoms with Crippen molar-refractivity contribution >= 4 is 11.6 Å². The molecular formula is C19H25FN4O. The Bertz CT molecular complexity index is 673. The summed E-state index contributed by atoms with van der Waals surface area (Å²) in [6.45, 7) is 2.25. The average molecular weight is 344 g/mol. The number of rotatable bonds is 9. The van der Waals surface area contributed by atoms with E-state index in [4.69, 9.17) is 0 Å². The van der Waals surface area contributed by atoms with E-state index in [-0.39, 0.29) is 11.7 Å². The Morgan fingerprint density at radius 2 is 1.92 bits per heavy atom. The molecule has 134 valence electrons. The van der Waals surface area contributed by atoms with E-state index in [0.717, 1.165) is 30.6 Å². The van der Waals surface area contributed by atoms with E-state index >= 15 is 0 Å². The second-order valence-electron chi connectivity index (χ2n) is 6.18. The third kappa shape index (κ3) is 6.89. The lowest BCUT2D eigenvalue weighted by atomic mass is 10.1. The van der Waals surface area contributed by atoms with Gasteiger partial charge in [0.05, 0.1) is 11.3 Å². The number of nitrogens with zero attached hydrogens (tertiary/aromatic N) is 2. The summed E-state index contributed by atoms with van der Waals surface area (Å²) < 4.78 is 12.9. The summed E-state index contributed by atoms with van der Waals surface area (Å²) in [5, 5.41) is 6.14. The number of carbonyl (C=O) groups is 1. The zero-order valence-electron chi connectivity index (χ0n) is 14.8. The zero-order chi connectivity index (χ0) is 18.1. The smallest absolute Gasteiger partial charge is 0.252 e. The van der Waals surface area contributed by atoms with E-state index in [1.54, 1.807) is 30.6 Å².